The Bertz CT molecular complexity index is 383. The standard InChI is InChI=1S/C10H10N2O3/c11-10(14)12-8(13)6-9(12)15-7-4-2-1-3-5-7/h1-5,9H,6H2,(H2,11,14). The SMILES string of the molecule is NC(=O)N1C(=O)CC1Oc1ccccc1. The Morgan fingerprint density at radius 3 is 2.60 bits per heavy atom. The first-order valence-electron chi connectivity index (χ1n) is 4.51. The lowest BCUT2D eigenvalue weighted by molar-refractivity contribution is -0.152. The number of carbonyl (C=O) groups is 2. The van der Waals surface area contributed by atoms with Gasteiger partial charge in [-0.15, -0.1) is 0 Å². The summed E-state index contributed by atoms with van der Waals surface area (Å²) in [5.74, 6) is 0.310. The van der Waals surface area contributed by atoms with Crippen LogP contribution in [0.1, 0.15) is 6.42 Å². The van der Waals surface area contributed by atoms with Gasteiger partial charge in [0, 0.05) is 0 Å². The molecule has 1 saturated heterocycles. The highest BCUT2D eigenvalue weighted by atomic mass is 16.5. The molecule has 0 saturated carbocycles. The normalized spacial score (nSPS) is 19.6. The van der Waals surface area contributed by atoms with Crippen molar-refractivity contribution >= 4 is 11.9 Å². The van der Waals surface area contributed by atoms with E-state index in [0.29, 0.717) is 5.75 Å². The third-order valence-electron chi connectivity index (χ3n) is 2.16. The zero-order valence-electron chi connectivity index (χ0n) is 7.92. The average molecular weight is 206 g/mol. The van der Waals surface area contributed by atoms with E-state index in [1.54, 1.807) is 12.1 Å². The third kappa shape index (κ3) is 1.76. The van der Waals surface area contributed by atoms with Crippen LogP contribution in [0.4, 0.5) is 4.79 Å². The number of hydrogen-bond donors (Lipinski definition) is 1. The molecule has 1 atom stereocenters. The number of benzene rings is 1. The van der Waals surface area contributed by atoms with Crippen LogP contribution >= 0.6 is 0 Å². The van der Waals surface area contributed by atoms with Gasteiger partial charge in [-0.25, -0.2) is 9.69 Å². The first-order valence-corrected chi connectivity index (χ1v) is 4.51. The number of carbonyl (C=O) groups excluding carboxylic acids is 2. The second-order valence-corrected chi connectivity index (χ2v) is 3.19. The number of para-hydroxylation sites is 1. The molecule has 1 aliphatic rings. The van der Waals surface area contributed by atoms with Gasteiger partial charge < -0.3 is 10.5 Å². The molecule has 2 N–H and O–H groups in total. The van der Waals surface area contributed by atoms with Gasteiger partial charge in [0.15, 0.2) is 6.23 Å². The summed E-state index contributed by atoms with van der Waals surface area (Å²) in [6.07, 6.45) is -0.366. The van der Waals surface area contributed by atoms with Crippen molar-refractivity contribution in [2.45, 2.75) is 12.6 Å². The molecular formula is C10H10N2O3. The van der Waals surface area contributed by atoms with Crippen molar-refractivity contribution < 1.29 is 14.3 Å². The second-order valence-electron chi connectivity index (χ2n) is 3.19. The van der Waals surface area contributed by atoms with E-state index in [0.717, 1.165) is 4.90 Å². The van der Waals surface area contributed by atoms with E-state index in [-0.39, 0.29) is 12.3 Å². The molecule has 1 aromatic rings. The van der Waals surface area contributed by atoms with Crippen molar-refractivity contribution in [2.75, 3.05) is 0 Å². The molecule has 1 unspecified atom stereocenters. The lowest BCUT2D eigenvalue weighted by Crippen LogP contribution is -2.60. The highest BCUT2D eigenvalue weighted by Gasteiger charge is 2.41. The maximum atomic E-state index is 11.0. The smallest absolute Gasteiger partial charge is 0.324 e. The summed E-state index contributed by atoms with van der Waals surface area (Å²) in [4.78, 5) is 22.8. The monoisotopic (exact) mass is 206 g/mol. The number of hydrogen-bond acceptors (Lipinski definition) is 3. The van der Waals surface area contributed by atoms with Crippen molar-refractivity contribution in [1.82, 2.24) is 4.90 Å². The van der Waals surface area contributed by atoms with Crippen LogP contribution in [0, 0.1) is 0 Å². The summed E-state index contributed by atoms with van der Waals surface area (Å²) in [5.41, 5.74) is 5.02. The fourth-order valence-corrected chi connectivity index (χ4v) is 1.40. The lowest BCUT2D eigenvalue weighted by atomic mass is 10.2. The topological polar surface area (TPSA) is 72.6 Å². The van der Waals surface area contributed by atoms with Gasteiger partial charge in [0.2, 0.25) is 5.91 Å². The van der Waals surface area contributed by atoms with Gasteiger partial charge in [0.25, 0.3) is 0 Å². The summed E-state index contributed by atoms with van der Waals surface area (Å²) in [6, 6.07) is 8.20. The van der Waals surface area contributed by atoms with Gasteiger partial charge in [-0.1, -0.05) is 18.2 Å². The molecule has 0 radical (unpaired) electrons. The van der Waals surface area contributed by atoms with Crippen molar-refractivity contribution in [2.24, 2.45) is 5.73 Å². The summed E-state index contributed by atoms with van der Waals surface area (Å²) < 4.78 is 5.40. The van der Waals surface area contributed by atoms with E-state index < -0.39 is 12.3 Å². The number of primary amides is 1. The Morgan fingerprint density at radius 1 is 1.40 bits per heavy atom. The zero-order valence-corrected chi connectivity index (χ0v) is 7.92. The van der Waals surface area contributed by atoms with E-state index in [4.69, 9.17) is 10.5 Å². The van der Waals surface area contributed by atoms with Gasteiger partial charge in [-0.05, 0) is 12.1 Å². The van der Waals surface area contributed by atoms with E-state index in [9.17, 15) is 9.59 Å². The highest BCUT2D eigenvalue weighted by molar-refractivity contribution is 5.98. The number of amides is 3. The largest absolute Gasteiger partial charge is 0.469 e. The highest BCUT2D eigenvalue weighted by Crippen LogP contribution is 2.22. The Balaban J connectivity index is 2.03. The van der Waals surface area contributed by atoms with Crippen molar-refractivity contribution in [3.63, 3.8) is 0 Å². The number of imide groups is 1. The fraction of sp³-hybridized carbons (Fsp3) is 0.200. The molecule has 0 aromatic heterocycles. The van der Waals surface area contributed by atoms with Crippen LogP contribution in [0.3, 0.4) is 0 Å². The molecule has 1 fully saturated rings. The van der Waals surface area contributed by atoms with E-state index in [1.807, 2.05) is 18.2 Å². The third-order valence-corrected chi connectivity index (χ3v) is 2.16. The summed E-state index contributed by atoms with van der Waals surface area (Å²) in [6.45, 7) is 0. The lowest BCUT2D eigenvalue weighted by Gasteiger charge is -2.36. The molecule has 0 bridgehead atoms. The van der Waals surface area contributed by atoms with Crippen LogP contribution in [0.15, 0.2) is 30.3 Å². The maximum Gasteiger partial charge on any atom is 0.324 e. The molecule has 0 spiro atoms. The number of likely N-dealkylation sites (tertiary alicyclic amines) is 1. The van der Waals surface area contributed by atoms with Gasteiger partial charge in [0.05, 0.1) is 6.42 Å². The minimum atomic E-state index is -0.771. The predicted octanol–water partition coefficient (Wildman–Crippen LogP) is 0.702. The van der Waals surface area contributed by atoms with E-state index >= 15 is 0 Å². The molecule has 1 heterocycles. The number of β-lactam (4-membered cyclic amide) rings is 1. The van der Waals surface area contributed by atoms with Crippen LogP contribution in [0.2, 0.25) is 0 Å². The van der Waals surface area contributed by atoms with Gasteiger partial charge in [-0.2, -0.15) is 0 Å². The van der Waals surface area contributed by atoms with Crippen LogP contribution in [-0.2, 0) is 4.79 Å². The molecule has 0 aliphatic carbocycles. The zero-order chi connectivity index (χ0) is 10.8. The molecule has 15 heavy (non-hydrogen) atoms. The maximum absolute atomic E-state index is 11.0. The Morgan fingerprint density at radius 2 is 2.07 bits per heavy atom. The first-order chi connectivity index (χ1) is 7.18. The van der Waals surface area contributed by atoms with E-state index in [1.165, 1.54) is 0 Å². The molecule has 78 valence electrons. The van der Waals surface area contributed by atoms with Crippen LogP contribution in [0.25, 0.3) is 0 Å². The minimum Gasteiger partial charge on any atom is -0.469 e. The van der Waals surface area contributed by atoms with Crippen molar-refractivity contribution in [3.05, 3.63) is 30.3 Å². The number of nitrogens with zero attached hydrogens (tertiary/aromatic N) is 1. The molecule has 1 aromatic carbocycles. The van der Waals surface area contributed by atoms with Crippen molar-refractivity contribution in [3.8, 4) is 5.75 Å². The molecule has 1 aliphatic heterocycles. The predicted molar refractivity (Wildman–Crippen MR) is 51.9 cm³/mol. The Hall–Kier alpha value is -2.04. The van der Waals surface area contributed by atoms with Gasteiger partial charge >= 0.3 is 6.03 Å². The molecule has 3 amide bonds. The number of nitrogens with two attached hydrogens (primary N) is 1. The van der Waals surface area contributed by atoms with Crippen LogP contribution in [0.5, 0.6) is 5.75 Å². The average Bonchev–Trinajstić information content (AvgIpc) is 2.17. The molecule has 2 rings (SSSR count). The quantitative estimate of drug-likeness (QED) is 0.724. The second kappa shape index (κ2) is 3.61. The summed E-state index contributed by atoms with van der Waals surface area (Å²) in [7, 11) is 0. The Kier molecular flexibility index (Phi) is 2.29. The number of urea groups is 1. The fourth-order valence-electron chi connectivity index (χ4n) is 1.40. The molecular weight excluding hydrogens is 196 g/mol. The van der Waals surface area contributed by atoms with Gasteiger partial charge in [-0.3, -0.25) is 4.79 Å². The first kappa shape index (κ1) is 9.51. The summed E-state index contributed by atoms with van der Waals surface area (Å²) >= 11 is 0. The minimum absolute atomic E-state index is 0.192. The van der Waals surface area contributed by atoms with Crippen molar-refractivity contribution in [1.29, 1.82) is 0 Å². The van der Waals surface area contributed by atoms with E-state index in [2.05, 4.69) is 0 Å². The number of ether oxygens (including phenoxy) is 1. The van der Waals surface area contributed by atoms with Crippen LogP contribution < -0.4 is 10.5 Å². The van der Waals surface area contributed by atoms with Gasteiger partial charge in [0.1, 0.15) is 5.75 Å². The number of rotatable bonds is 2. The summed E-state index contributed by atoms with van der Waals surface area (Å²) in [5, 5.41) is 0. The van der Waals surface area contributed by atoms with Crippen LogP contribution in [-0.4, -0.2) is 23.1 Å². The Labute approximate surface area is 86.4 Å². The molecule has 5 heteroatoms. The molecule has 5 nitrogen and oxygen atoms in total.